The second kappa shape index (κ2) is 5.30. The zero-order valence-electron chi connectivity index (χ0n) is 10.6. The average molecular weight is 309 g/mol. The van der Waals surface area contributed by atoms with Crippen LogP contribution in [0, 0.1) is 35.0 Å². The van der Waals surface area contributed by atoms with Crippen LogP contribution in [0.4, 0.5) is 27.6 Å². The molecule has 1 aromatic rings. The first-order chi connectivity index (χ1) is 9.79. The Morgan fingerprint density at radius 1 is 1.05 bits per heavy atom. The van der Waals surface area contributed by atoms with E-state index < -0.39 is 65.5 Å². The molecule has 0 bridgehead atoms. The molecular formula is C12H8F5NO3. The summed E-state index contributed by atoms with van der Waals surface area (Å²) >= 11 is 0. The number of benzene rings is 1. The van der Waals surface area contributed by atoms with Crippen LogP contribution in [-0.2, 0) is 14.3 Å². The van der Waals surface area contributed by atoms with Crippen LogP contribution in [0.1, 0.15) is 6.42 Å². The van der Waals surface area contributed by atoms with Crippen molar-refractivity contribution >= 4 is 17.6 Å². The van der Waals surface area contributed by atoms with Crippen molar-refractivity contribution in [1.82, 2.24) is 0 Å². The first kappa shape index (κ1) is 15.2. The first-order valence-corrected chi connectivity index (χ1v) is 5.69. The van der Waals surface area contributed by atoms with Crippen LogP contribution < -0.4 is 4.90 Å². The van der Waals surface area contributed by atoms with Crippen molar-refractivity contribution in [2.75, 3.05) is 18.6 Å². The Labute approximate surface area is 115 Å². The second-order valence-corrected chi connectivity index (χ2v) is 4.35. The number of amides is 1. The smallest absolute Gasteiger partial charge is 0.311 e. The predicted molar refractivity (Wildman–Crippen MR) is 58.7 cm³/mol. The lowest BCUT2D eigenvalue weighted by molar-refractivity contribution is -0.145. The van der Waals surface area contributed by atoms with Gasteiger partial charge in [0.25, 0.3) is 0 Å². The zero-order chi connectivity index (χ0) is 15.9. The number of carbonyl (C=O) groups excluding carboxylic acids is 2. The van der Waals surface area contributed by atoms with E-state index in [2.05, 4.69) is 4.74 Å². The average Bonchev–Trinajstić information content (AvgIpc) is 2.84. The number of hydrogen-bond acceptors (Lipinski definition) is 3. The van der Waals surface area contributed by atoms with Gasteiger partial charge in [-0.05, 0) is 0 Å². The van der Waals surface area contributed by atoms with E-state index in [9.17, 15) is 31.5 Å². The number of ether oxygens (including phenoxy) is 1. The molecule has 1 aliphatic heterocycles. The largest absolute Gasteiger partial charge is 0.469 e. The van der Waals surface area contributed by atoms with E-state index >= 15 is 0 Å². The van der Waals surface area contributed by atoms with Gasteiger partial charge < -0.3 is 9.64 Å². The van der Waals surface area contributed by atoms with Crippen molar-refractivity contribution in [3.63, 3.8) is 0 Å². The van der Waals surface area contributed by atoms with Gasteiger partial charge in [0, 0.05) is 13.0 Å². The number of carbonyl (C=O) groups is 2. The van der Waals surface area contributed by atoms with E-state index in [1.54, 1.807) is 0 Å². The predicted octanol–water partition coefficient (Wildman–Crippen LogP) is 1.91. The minimum atomic E-state index is -2.31. The lowest BCUT2D eigenvalue weighted by Gasteiger charge is -2.18. The summed E-state index contributed by atoms with van der Waals surface area (Å²) in [6.07, 6.45) is -0.438. The van der Waals surface area contributed by atoms with Crippen LogP contribution in [0.3, 0.4) is 0 Å². The molecule has 114 valence electrons. The molecule has 0 aromatic heterocycles. The summed E-state index contributed by atoms with van der Waals surface area (Å²) in [7, 11) is 1.05. The SMILES string of the molecule is COC(=O)C1CC(=O)N(c2c(F)c(F)c(F)c(F)c2F)C1. The summed E-state index contributed by atoms with van der Waals surface area (Å²) in [6, 6.07) is 0. The Bertz CT molecular complexity index is 605. The van der Waals surface area contributed by atoms with Crippen molar-refractivity contribution in [1.29, 1.82) is 0 Å². The molecule has 0 spiro atoms. The van der Waals surface area contributed by atoms with Crippen molar-refractivity contribution < 1.29 is 36.3 Å². The Balaban J connectivity index is 2.49. The van der Waals surface area contributed by atoms with Gasteiger partial charge in [-0.15, -0.1) is 0 Å². The number of hydrogen-bond donors (Lipinski definition) is 0. The molecule has 0 aliphatic carbocycles. The van der Waals surface area contributed by atoms with Crippen molar-refractivity contribution in [3.8, 4) is 0 Å². The van der Waals surface area contributed by atoms with Crippen molar-refractivity contribution in [2.24, 2.45) is 5.92 Å². The lowest BCUT2D eigenvalue weighted by atomic mass is 10.1. The molecule has 1 fully saturated rings. The molecule has 1 unspecified atom stereocenters. The molecule has 21 heavy (non-hydrogen) atoms. The molecule has 1 aromatic carbocycles. The number of nitrogens with zero attached hydrogens (tertiary/aromatic N) is 1. The number of rotatable bonds is 2. The van der Waals surface area contributed by atoms with Gasteiger partial charge in [0.1, 0.15) is 5.69 Å². The van der Waals surface area contributed by atoms with Gasteiger partial charge >= 0.3 is 5.97 Å². The summed E-state index contributed by atoms with van der Waals surface area (Å²) in [5.41, 5.74) is -1.36. The van der Waals surface area contributed by atoms with Crippen LogP contribution in [-0.4, -0.2) is 25.5 Å². The van der Waals surface area contributed by atoms with E-state index in [0.717, 1.165) is 7.11 Å². The van der Waals surface area contributed by atoms with Crippen LogP contribution in [0.5, 0.6) is 0 Å². The van der Waals surface area contributed by atoms with E-state index in [4.69, 9.17) is 0 Å². The highest BCUT2D eigenvalue weighted by atomic mass is 19.2. The molecule has 4 nitrogen and oxygen atoms in total. The number of halogens is 5. The number of methoxy groups -OCH3 is 1. The van der Waals surface area contributed by atoms with Gasteiger partial charge in [0.05, 0.1) is 13.0 Å². The van der Waals surface area contributed by atoms with E-state index in [-0.39, 0.29) is 0 Å². The third kappa shape index (κ3) is 2.32. The molecule has 0 N–H and O–H groups in total. The standard InChI is InChI=1S/C12H8F5NO3/c1-21-12(20)4-2-5(19)18(3-4)11-9(16)7(14)6(13)8(15)10(11)17/h4H,2-3H2,1H3. The topological polar surface area (TPSA) is 46.6 Å². The maximum atomic E-state index is 13.6. The third-order valence-electron chi connectivity index (χ3n) is 3.12. The van der Waals surface area contributed by atoms with Gasteiger partial charge in [-0.2, -0.15) is 0 Å². The normalized spacial score (nSPS) is 18.3. The summed E-state index contributed by atoms with van der Waals surface area (Å²) in [4.78, 5) is 23.3. The third-order valence-corrected chi connectivity index (χ3v) is 3.12. The van der Waals surface area contributed by atoms with Gasteiger partial charge in [-0.25, -0.2) is 22.0 Å². The molecule has 1 saturated heterocycles. The monoisotopic (exact) mass is 309 g/mol. The summed E-state index contributed by atoms with van der Waals surface area (Å²) in [6.45, 7) is -0.524. The van der Waals surface area contributed by atoms with Crippen molar-refractivity contribution in [2.45, 2.75) is 6.42 Å². The molecule has 1 aliphatic rings. The molecule has 1 amide bonds. The fourth-order valence-electron chi connectivity index (χ4n) is 2.08. The number of esters is 1. The van der Waals surface area contributed by atoms with Gasteiger partial charge in [-0.1, -0.05) is 0 Å². The Hall–Kier alpha value is -2.19. The maximum Gasteiger partial charge on any atom is 0.311 e. The molecule has 9 heteroatoms. The van der Waals surface area contributed by atoms with Gasteiger partial charge in [-0.3, -0.25) is 9.59 Å². The van der Waals surface area contributed by atoms with Crippen molar-refractivity contribution in [3.05, 3.63) is 29.1 Å². The Kier molecular flexibility index (Phi) is 3.84. The van der Waals surface area contributed by atoms with Gasteiger partial charge in [0.2, 0.25) is 11.7 Å². The molecule has 0 radical (unpaired) electrons. The summed E-state index contributed by atoms with van der Waals surface area (Å²) < 4.78 is 70.8. The maximum absolute atomic E-state index is 13.6. The Morgan fingerprint density at radius 3 is 2.00 bits per heavy atom. The molecule has 1 heterocycles. The molecule has 1 atom stereocenters. The fourth-order valence-corrected chi connectivity index (χ4v) is 2.08. The van der Waals surface area contributed by atoms with E-state index in [1.807, 2.05) is 0 Å². The molecule has 0 saturated carbocycles. The fraction of sp³-hybridized carbons (Fsp3) is 0.333. The highest BCUT2D eigenvalue weighted by Gasteiger charge is 2.40. The van der Waals surface area contributed by atoms with Crippen LogP contribution in [0.25, 0.3) is 0 Å². The summed E-state index contributed by atoms with van der Waals surface area (Å²) in [5, 5.41) is 0. The first-order valence-electron chi connectivity index (χ1n) is 5.69. The van der Waals surface area contributed by atoms with Crippen LogP contribution in [0.15, 0.2) is 0 Å². The minimum absolute atomic E-state index is 0.359. The van der Waals surface area contributed by atoms with Crippen LogP contribution in [0.2, 0.25) is 0 Å². The quantitative estimate of drug-likeness (QED) is 0.363. The second-order valence-electron chi connectivity index (χ2n) is 4.35. The molecule has 2 rings (SSSR count). The Morgan fingerprint density at radius 2 is 1.52 bits per heavy atom. The highest BCUT2D eigenvalue weighted by Crippen LogP contribution is 2.34. The van der Waals surface area contributed by atoms with Crippen LogP contribution >= 0.6 is 0 Å². The minimum Gasteiger partial charge on any atom is -0.469 e. The van der Waals surface area contributed by atoms with E-state index in [1.165, 1.54) is 0 Å². The lowest BCUT2D eigenvalue weighted by Crippen LogP contribution is -2.29. The highest BCUT2D eigenvalue weighted by molar-refractivity contribution is 5.99. The summed E-state index contributed by atoms with van der Waals surface area (Å²) in [5.74, 6) is -13.6. The van der Waals surface area contributed by atoms with Gasteiger partial charge in [0.15, 0.2) is 23.3 Å². The zero-order valence-corrected chi connectivity index (χ0v) is 10.6. The van der Waals surface area contributed by atoms with E-state index in [0.29, 0.717) is 4.90 Å². The molecular weight excluding hydrogens is 301 g/mol. The number of anilines is 1.